The Balaban J connectivity index is 1.91. The third-order valence-corrected chi connectivity index (χ3v) is 6.93. The number of carbonyl (C=O) groups is 1. The van der Waals surface area contributed by atoms with Gasteiger partial charge in [-0.05, 0) is 30.9 Å². The van der Waals surface area contributed by atoms with Gasteiger partial charge < -0.3 is 5.32 Å². The molecule has 0 aromatic heterocycles. The lowest BCUT2D eigenvalue weighted by atomic mass is 10.1. The Morgan fingerprint density at radius 1 is 1.43 bits per heavy atom. The highest BCUT2D eigenvalue weighted by molar-refractivity contribution is 8.02. The Bertz CT molecular complexity index is 626. The maximum atomic E-state index is 12.1. The minimum atomic E-state index is -2.87. The summed E-state index contributed by atoms with van der Waals surface area (Å²) in [4.78, 5) is 12.1. The van der Waals surface area contributed by atoms with E-state index in [-0.39, 0.29) is 22.7 Å². The zero-order chi connectivity index (χ0) is 15.5. The van der Waals surface area contributed by atoms with E-state index in [0.717, 1.165) is 23.2 Å². The van der Waals surface area contributed by atoms with Gasteiger partial charge in [0.15, 0.2) is 9.84 Å². The first-order valence-corrected chi connectivity index (χ1v) is 9.98. The van der Waals surface area contributed by atoms with Gasteiger partial charge in [0.1, 0.15) is 0 Å². The van der Waals surface area contributed by atoms with Crippen LogP contribution in [0.2, 0.25) is 0 Å². The van der Waals surface area contributed by atoms with Crippen LogP contribution in [0.4, 0.5) is 5.69 Å². The van der Waals surface area contributed by atoms with Crippen molar-refractivity contribution in [1.29, 1.82) is 0 Å². The summed E-state index contributed by atoms with van der Waals surface area (Å²) in [6, 6.07) is 5.98. The molecule has 1 aliphatic rings. The minimum absolute atomic E-state index is 0.0586. The number of aryl methyl sites for hydroxylation is 2. The standard InChI is InChI=1S/C15H21NO3S2/c1-3-12-6-4-5-11(2)15(12)16-14(17)9-20-13-7-8-21(18,19)10-13/h4-6,13H,3,7-10H2,1-2H3,(H,16,17)/t13-/m1/s1. The summed E-state index contributed by atoms with van der Waals surface area (Å²) in [5.74, 6) is 0.699. The monoisotopic (exact) mass is 327 g/mol. The molecule has 0 radical (unpaired) electrons. The van der Waals surface area contributed by atoms with Crippen molar-refractivity contribution in [3.8, 4) is 0 Å². The van der Waals surface area contributed by atoms with Crippen molar-refractivity contribution < 1.29 is 13.2 Å². The lowest BCUT2D eigenvalue weighted by molar-refractivity contribution is -0.113. The third kappa shape index (κ3) is 4.48. The highest BCUT2D eigenvalue weighted by Crippen LogP contribution is 2.25. The van der Waals surface area contributed by atoms with Gasteiger partial charge >= 0.3 is 0 Å². The number of anilines is 1. The van der Waals surface area contributed by atoms with E-state index in [1.54, 1.807) is 0 Å². The fourth-order valence-corrected chi connectivity index (χ4v) is 5.91. The molecule has 2 rings (SSSR count). The van der Waals surface area contributed by atoms with Gasteiger partial charge in [0.05, 0.1) is 17.3 Å². The van der Waals surface area contributed by atoms with Crippen LogP contribution in [0.25, 0.3) is 0 Å². The van der Waals surface area contributed by atoms with Crippen molar-refractivity contribution in [3.63, 3.8) is 0 Å². The fourth-order valence-electron chi connectivity index (χ4n) is 2.46. The molecule has 4 nitrogen and oxygen atoms in total. The molecular formula is C15H21NO3S2. The van der Waals surface area contributed by atoms with Gasteiger partial charge in [0.25, 0.3) is 0 Å². The van der Waals surface area contributed by atoms with E-state index in [1.165, 1.54) is 11.8 Å². The summed E-state index contributed by atoms with van der Waals surface area (Å²) in [6.07, 6.45) is 1.52. The van der Waals surface area contributed by atoms with Crippen molar-refractivity contribution in [2.75, 3.05) is 22.6 Å². The maximum Gasteiger partial charge on any atom is 0.234 e. The summed E-state index contributed by atoms with van der Waals surface area (Å²) in [6.45, 7) is 4.04. The number of hydrogen-bond donors (Lipinski definition) is 1. The van der Waals surface area contributed by atoms with Crippen LogP contribution >= 0.6 is 11.8 Å². The number of carbonyl (C=O) groups excluding carboxylic acids is 1. The molecule has 6 heteroatoms. The van der Waals surface area contributed by atoms with E-state index in [9.17, 15) is 13.2 Å². The highest BCUT2D eigenvalue weighted by Gasteiger charge is 2.28. The Hall–Kier alpha value is -1.01. The Kier molecular flexibility index (Phi) is 5.32. The molecule has 1 aromatic carbocycles. The van der Waals surface area contributed by atoms with Gasteiger partial charge in [0.2, 0.25) is 5.91 Å². The predicted octanol–water partition coefficient (Wildman–Crippen LogP) is 2.42. The molecule has 1 heterocycles. The minimum Gasteiger partial charge on any atom is -0.325 e. The van der Waals surface area contributed by atoms with E-state index in [0.29, 0.717) is 12.2 Å². The second kappa shape index (κ2) is 6.83. The molecule has 0 bridgehead atoms. The number of benzene rings is 1. The number of thioether (sulfide) groups is 1. The third-order valence-electron chi connectivity index (χ3n) is 3.65. The number of sulfone groups is 1. The van der Waals surface area contributed by atoms with Crippen LogP contribution in [-0.2, 0) is 21.1 Å². The largest absolute Gasteiger partial charge is 0.325 e. The fraction of sp³-hybridized carbons (Fsp3) is 0.533. The lowest BCUT2D eigenvalue weighted by Gasteiger charge is -2.13. The Labute approximate surface area is 130 Å². The molecule has 1 saturated heterocycles. The average molecular weight is 327 g/mol. The Morgan fingerprint density at radius 2 is 2.19 bits per heavy atom. The molecule has 1 N–H and O–H groups in total. The predicted molar refractivity (Wildman–Crippen MR) is 88.7 cm³/mol. The van der Waals surface area contributed by atoms with E-state index in [2.05, 4.69) is 12.2 Å². The second-order valence-electron chi connectivity index (χ2n) is 5.35. The maximum absolute atomic E-state index is 12.1. The van der Waals surface area contributed by atoms with Crippen LogP contribution in [0, 0.1) is 6.92 Å². The van der Waals surface area contributed by atoms with Gasteiger partial charge in [-0.15, -0.1) is 11.8 Å². The van der Waals surface area contributed by atoms with Crippen molar-refractivity contribution in [3.05, 3.63) is 29.3 Å². The van der Waals surface area contributed by atoms with Gasteiger partial charge in [0, 0.05) is 10.9 Å². The quantitative estimate of drug-likeness (QED) is 0.902. The summed E-state index contributed by atoms with van der Waals surface area (Å²) in [5, 5.41) is 3.02. The van der Waals surface area contributed by atoms with Gasteiger partial charge in [-0.3, -0.25) is 4.79 Å². The molecule has 0 saturated carbocycles. The highest BCUT2D eigenvalue weighted by atomic mass is 32.2. The van der Waals surface area contributed by atoms with Crippen LogP contribution in [0.1, 0.15) is 24.5 Å². The molecule has 0 spiro atoms. The number of rotatable bonds is 5. The molecule has 1 atom stereocenters. The molecule has 116 valence electrons. The normalized spacial score (nSPS) is 20.4. The van der Waals surface area contributed by atoms with Gasteiger partial charge in [-0.25, -0.2) is 8.42 Å². The molecule has 1 aliphatic heterocycles. The smallest absolute Gasteiger partial charge is 0.234 e. The second-order valence-corrected chi connectivity index (χ2v) is 8.86. The lowest BCUT2D eigenvalue weighted by Crippen LogP contribution is -2.18. The van der Waals surface area contributed by atoms with Crippen LogP contribution in [0.15, 0.2) is 18.2 Å². The van der Waals surface area contributed by atoms with Crippen LogP contribution in [0.5, 0.6) is 0 Å². The van der Waals surface area contributed by atoms with E-state index >= 15 is 0 Å². The summed E-state index contributed by atoms with van der Waals surface area (Å²) in [7, 11) is -2.87. The summed E-state index contributed by atoms with van der Waals surface area (Å²) in [5.41, 5.74) is 3.07. The van der Waals surface area contributed by atoms with Gasteiger partial charge in [-0.2, -0.15) is 0 Å². The first-order valence-electron chi connectivity index (χ1n) is 7.11. The van der Waals surface area contributed by atoms with Crippen LogP contribution in [0.3, 0.4) is 0 Å². The molecule has 1 amide bonds. The van der Waals surface area contributed by atoms with Crippen LogP contribution < -0.4 is 5.32 Å². The molecule has 1 aromatic rings. The number of amides is 1. The first-order chi connectivity index (χ1) is 9.91. The van der Waals surface area contributed by atoms with Gasteiger partial charge in [-0.1, -0.05) is 25.1 Å². The Morgan fingerprint density at radius 3 is 2.81 bits per heavy atom. The topological polar surface area (TPSA) is 63.2 Å². The van der Waals surface area contributed by atoms with Crippen molar-refractivity contribution >= 4 is 33.2 Å². The number of para-hydroxylation sites is 1. The van der Waals surface area contributed by atoms with E-state index < -0.39 is 9.84 Å². The van der Waals surface area contributed by atoms with Crippen molar-refractivity contribution in [2.45, 2.75) is 31.9 Å². The van der Waals surface area contributed by atoms with Crippen molar-refractivity contribution in [2.24, 2.45) is 0 Å². The average Bonchev–Trinajstić information content (AvgIpc) is 2.78. The number of hydrogen-bond acceptors (Lipinski definition) is 4. The summed E-state index contributed by atoms with van der Waals surface area (Å²) < 4.78 is 22.8. The summed E-state index contributed by atoms with van der Waals surface area (Å²) >= 11 is 1.44. The first kappa shape index (κ1) is 16.4. The van der Waals surface area contributed by atoms with Crippen molar-refractivity contribution in [1.82, 2.24) is 0 Å². The molecular weight excluding hydrogens is 306 g/mol. The molecule has 0 unspecified atom stereocenters. The van der Waals surface area contributed by atoms with E-state index in [4.69, 9.17) is 0 Å². The zero-order valence-corrected chi connectivity index (χ0v) is 14.0. The zero-order valence-electron chi connectivity index (χ0n) is 12.4. The number of nitrogens with one attached hydrogen (secondary N) is 1. The molecule has 1 fully saturated rings. The SMILES string of the molecule is CCc1cccc(C)c1NC(=O)CS[C@@H]1CCS(=O)(=O)C1. The molecule has 21 heavy (non-hydrogen) atoms. The van der Waals surface area contributed by atoms with Crippen LogP contribution in [-0.4, -0.2) is 36.8 Å². The van der Waals surface area contributed by atoms with E-state index in [1.807, 2.05) is 25.1 Å². The molecule has 0 aliphatic carbocycles.